The van der Waals surface area contributed by atoms with Crippen molar-refractivity contribution in [1.29, 1.82) is 0 Å². The van der Waals surface area contributed by atoms with Crippen molar-refractivity contribution in [1.82, 2.24) is 9.80 Å². The number of alkyl halides is 1. The molecule has 0 bridgehead atoms. The van der Waals surface area contributed by atoms with Crippen LogP contribution < -0.4 is 0 Å². The van der Waals surface area contributed by atoms with E-state index in [4.69, 9.17) is 4.74 Å². The van der Waals surface area contributed by atoms with E-state index in [0.717, 1.165) is 38.5 Å². The van der Waals surface area contributed by atoms with Crippen LogP contribution in [0.2, 0.25) is 0 Å². The van der Waals surface area contributed by atoms with Gasteiger partial charge < -0.3 is 14.5 Å². The quantitative estimate of drug-likeness (QED) is 0.797. The number of fused-ring (bicyclic) bond motifs is 1. The Hall–Kier alpha value is -0.680. The number of halogens is 1. The molecule has 124 valence electrons. The zero-order chi connectivity index (χ0) is 15.2. The van der Waals surface area contributed by atoms with E-state index in [1.807, 2.05) is 0 Å². The third-order valence-corrected chi connectivity index (χ3v) is 5.96. The van der Waals surface area contributed by atoms with Crippen LogP contribution in [0, 0.1) is 11.8 Å². The predicted molar refractivity (Wildman–Crippen MR) is 81.3 cm³/mol. The van der Waals surface area contributed by atoms with Crippen LogP contribution in [0.1, 0.15) is 38.5 Å². The van der Waals surface area contributed by atoms with Crippen LogP contribution in [0.5, 0.6) is 0 Å². The molecule has 4 aliphatic rings. The maximum atomic E-state index is 14.4. The van der Waals surface area contributed by atoms with Gasteiger partial charge in [-0.25, -0.2) is 4.39 Å². The van der Waals surface area contributed by atoms with E-state index >= 15 is 0 Å². The number of likely N-dealkylation sites (tertiary alicyclic amines) is 1. The molecule has 2 atom stereocenters. The lowest BCUT2D eigenvalue weighted by atomic mass is 9.80. The lowest BCUT2D eigenvalue weighted by Gasteiger charge is -2.42. The van der Waals surface area contributed by atoms with Gasteiger partial charge in [0, 0.05) is 38.6 Å². The maximum Gasteiger partial charge on any atom is 0.260 e. The van der Waals surface area contributed by atoms with Crippen molar-refractivity contribution < 1.29 is 13.9 Å². The SMILES string of the molecule is O=C(N1CC[C@@H]2CN(CC3CC3)CCO[C@@H]2C1)C1(F)CCC1. The Morgan fingerprint density at radius 2 is 2.00 bits per heavy atom. The van der Waals surface area contributed by atoms with E-state index < -0.39 is 5.67 Å². The van der Waals surface area contributed by atoms with E-state index in [9.17, 15) is 9.18 Å². The molecule has 0 unspecified atom stereocenters. The Morgan fingerprint density at radius 3 is 2.68 bits per heavy atom. The summed E-state index contributed by atoms with van der Waals surface area (Å²) in [7, 11) is 0. The second kappa shape index (κ2) is 5.75. The zero-order valence-corrected chi connectivity index (χ0v) is 13.3. The molecule has 0 spiro atoms. The first-order chi connectivity index (χ1) is 10.6. The van der Waals surface area contributed by atoms with Crippen molar-refractivity contribution in [3.8, 4) is 0 Å². The summed E-state index contributed by atoms with van der Waals surface area (Å²) in [6.07, 6.45) is 5.48. The second-order valence-corrected chi connectivity index (χ2v) is 7.73. The monoisotopic (exact) mass is 310 g/mol. The lowest BCUT2D eigenvalue weighted by Crippen LogP contribution is -2.56. The van der Waals surface area contributed by atoms with Crippen molar-refractivity contribution in [2.75, 3.05) is 39.3 Å². The van der Waals surface area contributed by atoms with Crippen LogP contribution in [0.25, 0.3) is 0 Å². The highest BCUT2D eigenvalue weighted by Gasteiger charge is 2.48. The van der Waals surface area contributed by atoms with E-state index in [1.165, 1.54) is 19.4 Å². The standard InChI is InChI=1S/C17H27FN2O2/c18-17(5-1-6-17)16(21)20-7-4-14-11-19(10-13-2-3-13)8-9-22-15(14)12-20/h13-15H,1-12H2/t14-,15-/m1/s1. The Labute approximate surface area is 132 Å². The van der Waals surface area contributed by atoms with Gasteiger partial charge in [0.1, 0.15) is 0 Å². The average Bonchev–Trinajstić information content (AvgIpc) is 3.30. The number of carbonyl (C=O) groups excluding carboxylic acids is 1. The molecular formula is C17H27FN2O2. The predicted octanol–water partition coefficient (Wildman–Crippen LogP) is 1.84. The molecule has 4 rings (SSSR count). The Kier molecular flexibility index (Phi) is 3.89. The minimum atomic E-state index is -1.56. The molecule has 0 aromatic rings. The topological polar surface area (TPSA) is 32.8 Å². The summed E-state index contributed by atoms with van der Waals surface area (Å²) in [5.74, 6) is 1.13. The molecule has 1 amide bonds. The van der Waals surface area contributed by atoms with Gasteiger partial charge in [0.15, 0.2) is 5.67 Å². The van der Waals surface area contributed by atoms with Gasteiger partial charge >= 0.3 is 0 Å². The number of rotatable bonds is 3. The van der Waals surface area contributed by atoms with Crippen LogP contribution in [0.4, 0.5) is 4.39 Å². The Morgan fingerprint density at radius 1 is 1.18 bits per heavy atom. The van der Waals surface area contributed by atoms with Crippen molar-refractivity contribution in [3.05, 3.63) is 0 Å². The molecule has 0 aromatic heterocycles. The first-order valence-electron chi connectivity index (χ1n) is 8.96. The fourth-order valence-corrected chi connectivity index (χ4v) is 4.12. The minimum Gasteiger partial charge on any atom is -0.375 e. The van der Waals surface area contributed by atoms with Crippen LogP contribution in [0.3, 0.4) is 0 Å². The molecule has 2 aliphatic carbocycles. The smallest absolute Gasteiger partial charge is 0.260 e. The number of hydrogen-bond donors (Lipinski definition) is 0. The highest BCUT2D eigenvalue weighted by molar-refractivity contribution is 5.86. The number of amides is 1. The van der Waals surface area contributed by atoms with E-state index in [-0.39, 0.29) is 12.0 Å². The molecule has 2 saturated heterocycles. The first-order valence-corrected chi connectivity index (χ1v) is 8.96. The van der Waals surface area contributed by atoms with Crippen LogP contribution in [0.15, 0.2) is 0 Å². The third kappa shape index (κ3) is 2.90. The number of piperidine rings is 1. The van der Waals surface area contributed by atoms with Crippen molar-refractivity contribution in [3.63, 3.8) is 0 Å². The number of carbonyl (C=O) groups is 1. The molecule has 4 fully saturated rings. The summed E-state index contributed by atoms with van der Waals surface area (Å²) in [5, 5.41) is 0. The van der Waals surface area contributed by atoms with Gasteiger partial charge in [0.05, 0.1) is 12.7 Å². The zero-order valence-electron chi connectivity index (χ0n) is 13.3. The van der Waals surface area contributed by atoms with Crippen LogP contribution in [-0.4, -0.2) is 66.8 Å². The second-order valence-electron chi connectivity index (χ2n) is 7.73. The molecular weight excluding hydrogens is 283 g/mol. The van der Waals surface area contributed by atoms with Gasteiger partial charge in [-0.05, 0) is 44.4 Å². The van der Waals surface area contributed by atoms with Gasteiger partial charge in [-0.3, -0.25) is 4.79 Å². The molecule has 0 N–H and O–H groups in total. The molecule has 0 aromatic carbocycles. The van der Waals surface area contributed by atoms with Crippen molar-refractivity contribution in [2.45, 2.75) is 50.3 Å². The van der Waals surface area contributed by atoms with E-state index in [0.29, 0.717) is 31.8 Å². The van der Waals surface area contributed by atoms with Crippen LogP contribution >= 0.6 is 0 Å². The van der Waals surface area contributed by atoms with Gasteiger partial charge in [-0.15, -0.1) is 0 Å². The van der Waals surface area contributed by atoms with Crippen molar-refractivity contribution >= 4 is 5.91 Å². The molecule has 2 aliphatic heterocycles. The van der Waals surface area contributed by atoms with E-state index in [2.05, 4.69) is 4.90 Å². The fraction of sp³-hybridized carbons (Fsp3) is 0.941. The molecule has 4 nitrogen and oxygen atoms in total. The summed E-state index contributed by atoms with van der Waals surface area (Å²) in [6, 6.07) is 0. The fourth-order valence-electron chi connectivity index (χ4n) is 4.12. The summed E-state index contributed by atoms with van der Waals surface area (Å²) < 4.78 is 20.4. The Balaban J connectivity index is 1.35. The molecule has 5 heteroatoms. The largest absolute Gasteiger partial charge is 0.375 e. The van der Waals surface area contributed by atoms with Gasteiger partial charge in [-0.1, -0.05) is 0 Å². The first kappa shape index (κ1) is 14.9. The highest BCUT2D eigenvalue weighted by Crippen LogP contribution is 2.39. The van der Waals surface area contributed by atoms with Gasteiger partial charge in [0.2, 0.25) is 0 Å². The number of hydrogen-bond acceptors (Lipinski definition) is 3. The van der Waals surface area contributed by atoms with Crippen molar-refractivity contribution in [2.24, 2.45) is 11.8 Å². The molecule has 2 heterocycles. The number of ether oxygens (including phenoxy) is 1. The molecule has 0 radical (unpaired) electrons. The third-order valence-electron chi connectivity index (χ3n) is 5.96. The van der Waals surface area contributed by atoms with Gasteiger partial charge in [-0.2, -0.15) is 0 Å². The maximum absolute atomic E-state index is 14.4. The minimum absolute atomic E-state index is 0.102. The molecule has 2 saturated carbocycles. The normalized spacial score (nSPS) is 35.4. The lowest BCUT2D eigenvalue weighted by molar-refractivity contribution is -0.155. The Bertz CT molecular complexity index is 436. The summed E-state index contributed by atoms with van der Waals surface area (Å²) in [4.78, 5) is 16.6. The summed E-state index contributed by atoms with van der Waals surface area (Å²) >= 11 is 0. The summed E-state index contributed by atoms with van der Waals surface area (Å²) in [6.45, 7) is 5.34. The van der Waals surface area contributed by atoms with E-state index in [1.54, 1.807) is 4.90 Å². The summed E-state index contributed by atoms with van der Waals surface area (Å²) in [5.41, 5.74) is -1.56. The molecule has 22 heavy (non-hydrogen) atoms. The van der Waals surface area contributed by atoms with Gasteiger partial charge in [0.25, 0.3) is 5.91 Å². The average molecular weight is 310 g/mol. The number of nitrogens with zero attached hydrogens (tertiary/aromatic N) is 2. The van der Waals surface area contributed by atoms with Crippen LogP contribution in [-0.2, 0) is 9.53 Å². The highest BCUT2D eigenvalue weighted by atomic mass is 19.1.